The number of aryl methyl sites for hydroxylation is 2. The van der Waals surface area contributed by atoms with Crippen molar-refractivity contribution in [3.8, 4) is 6.07 Å². The highest BCUT2D eigenvalue weighted by molar-refractivity contribution is 5.78. The van der Waals surface area contributed by atoms with Gasteiger partial charge in [-0.3, -0.25) is 4.79 Å². The maximum atomic E-state index is 11.6. The molecular weight excluding hydrogens is 212 g/mol. The van der Waals surface area contributed by atoms with Crippen molar-refractivity contribution >= 4 is 5.91 Å². The van der Waals surface area contributed by atoms with Crippen molar-refractivity contribution in [3.63, 3.8) is 0 Å². The van der Waals surface area contributed by atoms with Crippen molar-refractivity contribution in [1.29, 1.82) is 5.26 Å². The molecule has 1 unspecified atom stereocenters. The van der Waals surface area contributed by atoms with Gasteiger partial charge in [0.05, 0.1) is 18.4 Å². The molecule has 1 rings (SSSR count). The van der Waals surface area contributed by atoms with Crippen LogP contribution in [0.4, 0.5) is 0 Å². The maximum Gasteiger partial charge on any atom is 0.224 e. The van der Waals surface area contributed by atoms with Gasteiger partial charge in [-0.1, -0.05) is 18.2 Å². The Morgan fingerprint density at radius 2 is 2.12 bits per heavy atom. The predicted octanol–water partition coefficient (Wildman–Crippen LogP) is 2.12. The summed E-state index contributed by atoms with van der Waals surface area (Å²) < 4.78 is 0. The topological polar surface area (TPSA) is 52.9 Å². The second-order valence-corrected chi connectivity index (χ2v) is 4.43. The minimum atomic E-state index is -0.140. The van der Waals surface area contributed by atoms with Gasteiger partial charge in [0, 0.05) is 6.54 Å². The van der Waals surface area contributed by atoms with Crippen LogP contribution >= 0.6 is 0 Å². The van der Waals surface area contributed by atoms with Crippen molar-refractivity contribution in [2.45, 2.75) is 27.2 Å². The van der Waals surface area contributed by atoms with E-state index in [-0.39, 0.29) is 11.8 Å². The summed E-state index contributed by atoms with van der Waals surface area (Å²) in [7, 11) is 0. The highest BCUT2D eigenvalue weighted by atomic mass is 16.1. The normalized spacial score (nSPS) is 11.6. The number of hydrogen-bond acceptors (Lipinski definition) is 2. The molecule has 17 heavy (non-hydrogen) atoms. The molecule has 0 radical (unpaired) electrons. The first kappa shape index (κ1) is 13.2. The molecule has 1 aromatic rings. The van der Waals surface area contributed by atoms with E-state index >= 15 is 0 Å². The molecule has 0 spiro atoms. The van der Waals surface area contributed by atoms with Crippen molar-refractivity contribution in [2.75, 3.05) is 6.54 Å². The van der Waals surface area contributed by atoms with Gasteiger partial charge in [0.2, 0.25) is 5.91 Å². The molecule has 1 atom stereocenters. The van der Waals surface area contributed by atoms with Gasteiger partial charge in [-0.2, -0.15) is 5.26 Å². The van der Waals surface area contributed by atoms with Crippen LogP contribution in [0.5, 0.6) is 0 Å². The second kappa shape index (κ2) is 6.05. The molecular formula is C14H18N2O. The van der Waals surface area contributed by atoms with Crippen LogP contribution in [-0.2, 0) is 11.2 Å². The molecule has 0 aliphatic carbocycles. The van der Waals surface area contributed by atoms with Crippen molar-refractivity contribution < 1.29 is 4.79 Å². The summed E-state index contributed by atoms with van der Waals surface area (Å²) in [5.74, 6) is -0.172. The second-order valence-electron chi connectivity index (χ2n) is 4.43. The van der Waals surface area contributed by atoms with Crippen molar-refractivity contribution in [3.05, 3.63) is 34.9 Å². The Labute approximate surface area is 102 Å². The first-order valence-electron chi connectivity index (χ1n) is 5.75. The van der Waals surface area contributed by atoms with Gasteiger partial charge in [-0.05, 0) is 37.5 Å². The average molecular weight is 230 g/mol. The summed E-state index contributed by atoms with van der Waals surface area (Å²) in [4.78, 5) is 11.6. The Balaban J connectivity index is 2.51. The fourth-order valence-electron chi connectivity index (χ4n) is 1.47. The summed E-state index contributed by atoms with van der Waals surface area (Å²) in [5, 5.41) is 11.4. The molecule has 0 fully saturated rings. The van der Waals surface area contributed by atoms with Crippen LogP contribution in [0.25, 0.3) is 0 Å². The molecule has 90 valence electrons. The van der Waals surface area contributed by atoms with Crippen LogP contribution < -0.4 is 5.32 Å². The van der Waals surface area contributed by atoms with Gasteiger partial charge in [-0.25, -0.2) is 0 Å². The Hall–Kier alpha value is -1.82. The third-order valence-electron chi connectivity index (χ3n) is 2.76. The summed E-state index contributed by atoms with van der Waals surface area (Å²) in [6, 6.07) is 8.11. The molecule has 0 aromatic heterocycles. The number of nitrogens with zero attached hydrogens (tertiary/aromatic N) is 1. The van der Waals surface area contributed by atoms with E-state index < -0.39 is 0 Å². The summed E-state index contributed by atoms with van der Waals surface area (Å²) >= 11 is 0. The van der Waals surface area contributed by atoms with Crippen molar-refractivity contribution in [2.24, 2.45) is 5.92 Å². The minimum absolute atomic E-state index is 0.0321. The molecule has 1 aromatic carbocycles. The smallest absolute Gasteiger partial charge is 0.224 e. The first-order valence-corrected chi connectivity index (χ1v) is 5.75. The highest BCUT2D eigenvalue weighted by Gasteiger charge is 2.06. The molecule has 3 heteroatoms. The number of benzene rings is 1. The highest BCUT2D eigenvalue weighted by Crippen LogP contribution is 2.10. The fraction of sp³-hybridized carbons (Fsp3) is 0.429. The lowest BCUT2D eigenvalue weighted by molar-refractivity contribution is -0.120. The van der Waals surface area contributed by atoms with Crippen LogP contribution in [0.15, 0.2) is 18.2 Å². The van der Waals surface area contributed by atoms with E-state index in [9.17, 15) is 4.79 Å². The third-order valence-corrected chi connectivity index (χ3v) is 2.76. The molecule has 0 aliphatic rings. The first-order chi connectivity index (χ1) is 8.02. The van der Waals surface area contributed by atoms with E-state index in [0.29, 0.717) is 13.0 Å². The van der Waals surface area contributed by atoms with Crippen LogP contribution in [0.2, 0.25) is 0 Å². The molecule has 0 bridgehead atoms. The monoisotopic (exact) mass is 230 g/mol. The summed E-state index contributed by atoms with van der Waals surface area (Å²) in [5.41, 5.74) is 3.43. The number of nitriles is 1. The molecule has 0 heterocycles. The van der Waals surface area contributed by atoms with Gasteiger partial charge in [-0.15, -0.1) is 0 Å². The molecule has 0 saturated heterocycles. The van der Waals surface area contributed by atoms with Gasteiger partial charge < -0.3 is 5.32 Å². The van der Waals surface area contributed by atoms with Crippen LogP contribution in [-0.4, -0.2) is 12.5 Å². The third kappa shape index (κ3) is 4.28. The maximum absolute atomic E-state index is 11.6. The number of carbonyl (C=O) groups excluding carboxylic acids is 1. The number of rotatable bonds is 4. The zero-order chi connectivity index (χ0) is 12.8. The SMILES string of the molecule is Cc1ccc(CC(=O)NCC(C)C#N)cc1C. The molecule has 1 amide bonds. The zero-order valence-electron chi connectivity index (χ0n) is 10.6. The van der Waals surface area contributed by atoms with E-state index in [4.69, 9.17) is 5.26 Å². The van der Waals surface area contributed by atoms with Crippen LogP contribution in [0.3, 0.4) is 0 Å². The Morgan fingerprint density at radius 1 is 1.41 bits per heavy atom. The summed E-state index contributed by atoms with van der Waals surface area (Å²) in [6.45, 7) is 6.29. The quantitative estimate of drug-likeness (QED) is 0.861. The minimum Gasteiger partial charge on any atom is -0.355 e. The average Bonchev–Trinajstić information content (AvgIpc) is 2.31. The molecule has 1 N–H and O–H groups in total. The van der Waals surface area contributed by atoms with E-state index in [2.05, 4.69) is 11.4 Å². The number of hydrogen-bond donors (Lipinski definition) is 1. The standard InChI is InChI=1S/C14H18N2O/c1-10(8-15)9-16-14(17)7-13-5-4-11(2)12(3)6-13/h4-6,10H,7,9H2,1-3H3,(H,16,17). The lowest BCUT2D eigenvalue weighted by Gasteiger charge is -2.07. The largest absolute Gasteiger partial charge is 0.355 e. The van der Waals surface area contributed by atoms with E-state index in [1.165, 1.54) is 11.1 Å². The van der Waals surface area contributed by atoms with Crippen LogP contribution in [0, 0.1) is 31.1 Å². The molecule has 0 saturated carbocycles. The predicted molar refractivity (Wildman–Crippen MR) is 67.4 cm³/mol. The van der Waals surface area contributed by atoms with Gasteiger partial charge >= 0.3 is 0 Å². The summed E-state index contributed by atoms with van der Waals surface area (Å²) in [6.07, 6.45) is 0.374. The lowest BCUT2D eigenvalue weighted by atomic mass is 10.0. The Morgan fingerprint density at radius 3 is 2.71 bits per heavy atom. The number of nitrogens with one attached hydrogen (secondary N) is 1. The number of amides is 1. The number of carbonyl (C=O) groups is 1. The van der Waals surface area contributed by atoms with Crippen LogP contribution in [0.1, 0.15) is 23.6 Å². The van der Waals surface area contributed by atoms with E-state index in [1.54, 1.807) is 6.92 Å². The van der Waals surface area contributed by atoms with Gasteiger partial charge in [0.25, 0.3) is 0 Å². The lowest BCUT2D eigenvalue weighted by Crippen LogP contribution is -2.29. The zero-order valence-corrected chi connectivity index (χ0v) is 10.6. The molecule has 0 aliphatic heterocycles. The van der Waals surface area contributed by atoms with Crippen molar-refractivity contribution in [1.82, 2.24) is 5.32 Å². The molecule has 3 nitrogen and oxygen atoms in total. The van der Waals surface area contributed by atoms with E-state index in [0.717, 1.165) is 5.56 Å². The Kier molecular flexibility index (Phi) is 4.71. The van der Waals surface area contributed by atoms with E-state index in [1.807, 2.05) is 32.0 Å². The fourth-order valence-corrected chi connectivity index (χ4v) is 1.47. The van der Waals surface area contributed by atoms with Gasteiger partial charge in [0.1, 0.15) is 0 Å². The van der Waals surface area contributed by atoms with Gasteiger partial charge in [0.15, 0.2) is 0 Å². The Bertz CT molecular complexity index is 446.